The van der Waals surface area contributed by atoms with Crippen LogP contribution in [0.15, 0.2) is 24.3 Å². The van der Waals surface area contributed by atoms with Crippen LogP contribution in [-0.2, 0) is 0 Å². The number of benzene rings is 1. The van der Waals surface area contributed by atoms with E-state index in [1.165, 1.54) is 25.9 Å². The molecule has 0 radical (unpaired) electrons. The summed E-state index contributed by atoms with van der Waals surface area (Å²) in [7, 11) is 0. The van der Waals surface area contributed by atoms with Gasteiger partial charge < -0.3 is 4.74 Å². The Labute approximate surface area is 109 Å². The van der Waals surface area contributed by atoms with Crippen molar-refractivity contribution < 1.29 is 9.53 Å². The third-order valence-electron chi connectivity index (χ3n) is 3.45. The molecular weight excluding hydrogens is 226 g/mol. The van der Waals surface area contributed by atoms with Crippen molar-refractivity contribution in [3.05, 3.63) is 29.8 Å². The van der Waals surface area contributed by atoms with Gasteiger partial charge in [-0.2, -0.15) is 0 Å². The van der Waals surface area contributed by atoms with Gasteiger partial charge in [0.25, 0.3) is 0 Å². The van der Waals surface area contributed by atoms with Gasteiger partial charge in [-0.25, -0.2) is 0 Å². The first kappa shape index (κ1) is 13.1. The summed E-state index contributed by atoms with van der Waals surface area (Å²) in [4.78, 5) is 13.3. The van der Waals surface area contributed by atoms with Gasteiger partial charge >= 0.3 is 0 Å². The molecule has 1 heterocycles. The number of para-hydroxylation sites is 1. The molecule has 0 aromatic heterocycles. The smallest absolute Gasteiger partial charge is 0.153 e. The molecule has 0 aliphatic carbocycles. The fourth-order valence-corrected chi connectivity index (χ4v) is 2.48. The second-order valence-electron chi connectivity index (χ2n) is 5.05. The van der Waals surface area contributed by atoms with Gasteiger partial charge in [0.2, 0.25) is 0 Å². The molecule has 2 rings (SSSR count). The number of carbonyl (C=O) groups is 1. The number of carbonyl (C=O) groups excluding carboxylic acids is 1. The second-order valence-corrected chi connectivity index (χ2v) is 5.05. The summed E-state index contributed by atoms with van der Waals surface area (Å²) in [6.45, 7) is 6.23. The van der Waals surface area contributed by atoms with Gasteiger partial charge in [0.05, 0.1) is 5.56 Å². The number of hydrogen-bond donors (Lipinski definition) is 0. The van der Waals surface area contributed by atoms with Gasteiger partial charge in [-0.1, -0.05) is 19.1 Å². The van der Waals surface area contributed by atoms with E-state index in [1.807, 2.05) is 18.2 Å². The molecule has 3 nitrogen and oxygen atoms in total. The van der Waals surface area contributed by atoms with Crippen molar-refractivity contribution in [3.8, 4) is 5.75 Å². The quantitative estimate of drug-likeness (QED) is 0.749. The van der Waals surface area contributed by atoms with Crippen LogP contribution in [-0.4, -0.2) is 37.4 Å². The van der Waals surface area contributed by atoms with Crippen molar-refractivity contribution in [2.24, 2.45) is 5.92 Å². The Bertz CT molecular complexity index is 392. The summed E-state index contributed by atoms with van der Waals surface area (Å²) >= 11 is 0. The molecule has 0 N–H and O–H groups in total. The molecule has 18 heavy (non-hydrogen) atoms. The predicted molar refractivity (Wildman–Crippen MR) is 72.2 cm³/mol. The molecule has 0 unspecified atom stereocenters. The fourth-order valence-electron chi connectivity index (χ4n) is 2.48. The first-order valence-electron chi connectivity index (χ1n) is 6.69. The van der Waals surface area contributed by atoms with Gasteiger partial charge in [-0.3, -0.25) is 9.69 Å². The third-order valence-corrected chi connectivity index (χ3v) is 3.45. The number of piperidine rings is 1. The summed E-state index contributed by atoms with van der Waals surface area (Å²) < 4.78 is 5.69. The minimum absolute atomic E-state index is 0.629. The van der Waals surface area contributed by atoms with Crippen LogP contribution in [0.4, 0.5) is 0 Å². The molecule has 3 heteroatoms. The van der Waals surface area contributed by atoms with Crippen LogP contribution >= 0.6 is 0 Å². The van der Waals surface area contributed by atoms with Crippen molar-refractivity contribution in [2.45, 2.75) is 19.8 Å². The molecule has 98 valence electrons. The lowest BCUT2D eigenvalue weighted by Gasteiger charge is -2.30. The Kier molecular flexibility index (Phi) is 4.76. The fraction of sp³-hybridized carbons (Fsp3) is 0.533. The molecule has 0 spiro atoms. The standard InChI is InChI=1S/C15H21NO2/c1-13-5-4-8-16(11-13)9-10-18-15-7-3-2-6-14(15)12-17/h2-3,6-7,12-13H,4-5,8-11H2,1H3/t13-/m0/s1. The molecule has 0 bridgehead atoms. The molecule has 1 aromatic carbocycles. The SMILES string of the molecule is C[C@H]1CCCN(CCOc2ccccc2C=O)C1. The summed E-state index contributed by atoms with van der Waals surface area (Å²) in [6.07, 6.45) is 3.47. The average Bonchev–Trinajstić information content (AvgIpc) is 2.39. The third kappa shape index (κ3) is 3.57. The predicted octanol–water partition coefficient (Wildman–Crippen LogP) is 2.61. The summed E-state index contributed by atoms with van der Waals surface area (Å²) in [5.74, 6) is 1.48. The average molecular weight is 247 g/mol. The van der Waals surface area contributed by atoms with E-state index in [4.69, 9.17) is 4.74 Å². The van der Waals surface area contributed by atoms with Gasteiger partial charge in [0.1, 0.15) is 12.4 Å². The van der Waals surface area contributed by atoms with E-state index in [-0.39, 0.29) is 0 Å². The van der Waals surface area contributed by atoms with Crippen LogP contribution in [0.25, 0.3) is 0 Å². The van der Waals surface area contributed by atoms with E-state index in [9.17, 15) is 4.79 Å². The first-order chi connectivity index (χ1) is 8.79. The Morgan fingerprint density at radius 3 is 3.06 bits per heavy atom. The molecule has 1 atom stereocenters. The van der Waals surface area contributed by atoms with Crippen LogP contribution < -0.4 is 4.74 Å². The number of rotatable bonds is 5. The maximum atomic E-state index is 10.8. The number of ether oxygens (including phenoxy) is 1. The summed E-state index contributed by atoms with van der Waals surface area (Å²) in [6, 6.07) is 7.38. The topological polar surface area (TPSA) is 29.5 Å². The Hall–Kier alpha value is -1.35. The van der Waals surface area contributed by atoms with E-state index in [0.29, 0.717) is 17.9 Å². The van der Waals surface area contributed by atoms with Crippen molar-refractivity contribution >= 4 is 6.29 Å². The van der Waals surface area contributed by atoms with E-state index in [2.05, 4.69) is 11.8 Å². The van der Waals surface area contributed by atoms with Crippen LogP contribution in [0.2, 0.25) is 0 Å². The van der Waals surface area contributed by atoms with Crippen molar-refractivity contribution in [2.75, 3.05) is 26.2 Å². The highest BCUT2D eigenvalue weighted by atomic mass is 16.5. The molecular formula is C15H21NO2. The second kappa shape index (κ2) is 6.55. The van der Waals surface area contributed by atoms with Crippen LogP contribution in [0.1, 0.15) is 30.1 Å². The Morgan fingerprint density at radius 2 is 2.28 bits per heavy atom. The lowest BCUT2D eigenvalue weighted by Crippen LogP contribution is -2.37. The number of nitrogens with zero attached hydrogens (tertiary/aromatic N) is 1. The van der Waals surface area contributed by atoms with Crippen LogP contribution in [0, 0.1) is 5.92 Å². The lowest BCUT2D eigenvalue weighted by molar-refractivity contribution is 0.111. The molecule has 1 fully saturated rings. The number of aldehydes is 1. The zero-order valence-electron chi connectivity index (χ0n) is 11.0. The minimum Gasteiger partial charge on any atom is -0.492 e. The number of likely N-dealkylation sites (tertiary alicyclic amines) is 1. The van der Waals surface area contributed by atoms with Crippen molar-refractivity contribution in [3.63, 3.8) is 0 Å². The lowest BCUT2D eigenvalue weighted by atomic mass is 10.0. The molecule has 0 saturated carbocycles. The summed E-state index contributed by atoms with van der Waals surface area (Å²) in [5, 5.41) is 0. The molecule has 0 amide bonds. The van der Waals surface area contributed by atoms with E-state index >= 15 is 0 Å². The van der Waals surface area contributed by atoms with Crippen molar-refractivity contribution in [1.82, 2.24) is 4.90 Å². The van der Waals surface area contributed by atoms with Gasteiger partial charge in [0, 0.05) is 13.1 Å². The highest BCUT2D eigenvalue weighted by molar-refractivity contribution is 5.79. The van der Waals surface area contributed by atoms with Crippen molar-refractivity contribution in [1.29, 1.82) is 0 Å². The Morgan fingerprint density at radius 1 is 1.44 bits per heavy atom. The van der Waals surface area contributed by atoms with E-state index < -0.39 is 0 Å². The maximum absolute atomic E-state index is 10.8. The highest BCUT2D eigenvalue weighted by Crippen LogP contribution is 2.17. The van der Waals surface area contributed by atoms with Crippen LogP contribution in [0.3, 0.4) is 0 Å². The first-order valence-corrected chi connectivity index (χ1v) is 6.69. The van der Waals surface area contributed by atoms with Gasteiger partial charge in [0.15, 0.2) is 6.29 Å². The normalized spacial score (nSPS) is 20.6. The molecule has 1 aliphatic heterocycles. The molecule has 1 aliphatic rings. The zero-order chi connectivity index (χ0) is 12.8. The van der Waals surface area contributed by atoms with Gasteiger partial charge in [-0.15, -0.1) is 0 Å². The molecule has 1 aromatic rings. The molecule has 1 saturated heterocycles. The summed E-state index contributed by atoms with van der Waals surface area (Å²) in [5.41, 5.74) is 0.629. The zero-order valence-corrected chi connectivity index (χ0v) is 11.0. The van der Waals surface area contributed by atoms with E-state index in [0.717, 1.165) is 18.7 Å². The Balaban J connectivity index is 1.79. The number of hydrogen-bond acceptors (Lipinski definition) is 3. The maximum Gasteiger partial charge on any atom is 0.153 e. The minimum atomic E-state index is 0.629. The van der Waals surface area contributed by atoms with E-state index in [1.54, 1.807) is 6.07 Å². The largest absolute Gasteiger partial charge is 0.492 e. The van der Waals surface area contributed by atoms with Crippen LogP contribution in [0.5, 0.6) is 5.75 Å². The monoisotopic (exact) mass is 247 g/mol. The van der Waals surface area contributed by atoms with Gasteiger partial charge in [-0.05, 0) is 37.4 Å². The highest BCUT2D eigenvalue weighted by Gasteiger charge is 2.15.